The van der Waals surface area contributed by atoms with Crippen molar-refractivity contribution >= 4 is 23.6 Å². The second kappa shape index (κ2) is 8.91. The lowest BCUT2D eigenvalue weighted by Gasteiger charge is -2.37. The minimum absolute atomic E-state index is 0.107. The molecule has 1 saturated carbocycles. The van der Waals surface area contributed by atoms with Gasteiger partial charge in [-0.05, 0) is 38.8 Å². The molecular formula is C20H29N3O2S. The highest BCUT2D eigenvalue weighted by Gasteiger charge is 2.30. The molecule has 1 saturated heterocycles. The summed E-state index contributed by atoms with van der Waals surface area (Å²) in [6, 6.07) is 8.71. The normalized spacial score (nSPS) is 19.2. The summed E-state index contributed by atoms with van der Waals surface area (Å²) in [5.41, 5.74) is 1.25. The van der Waals surface area contributed by atoms with Gasteiger partial charge >= 0.3 is 0 Å². The first-order valence-corrected chi connectivity index (χ1v) is 10.5. The Balaban J connectivity index is 1.36. The Morgan fingerprint density at radius 3 is 2.42 bits per heavy atom. The third-order valence-corrected chi connectivity index (χ3v) is 6.14. The van der Waals surface area contributed by atoms with E-state index in [2.05, 4.69) is 41.4 Å². The molecule has 1 aliphatic carbocycles. The third-order valence-electron chi connectivity index (χ3n) is 5.12. The van der Waals surface area contributed by atoms with Gasteiger partial charge in [-0.25, -0.2) is 0 Å². The maximum absolute atomic E-state index is 12.4. The number of rotatable bonds is 7. The lowest BCUT2D eigenvalue weighted by atomic mass is 10.2. The van der Waals surface area contributed by atoms with Crippen LogP contribution in [-0.4, -0.2) is 65.6 Å². The topological polar surface area (TPSA) is 52.7 Å². The Morgan fingerprint density at radius 2 is 1.81 bits per heavy atom. The average Bonchev–Trinajstić information content (AvgIpc) is 3.46. The van der Waals surface area contributed by atoms with Crippen LogP contribution in [0.2, 0.25) is 0 Å². The van der Waals surface area contributed by atoms with E-state index in [4.69, 9.17) is 0 Å². The first kappa shape index (κ1) is 19.2. The van der Waals surface area contributed by atoms with Crippen LogP contribution in [0.25, 0.3) is 0 Å². The van der Waals surface area contributed by atoms with E-state index in [9.17, 15) is 9.59 Å². The molecule has 1 aromatic carbocycles. The number of piperazine rings is 1. The number of nitrogens with zero attached hydrogens (tertiary/aromatic N) is 2. The van der Waals surface area contributed by atoms with Crippen LogP contribution in [-0.2, 0) is 9.59 Å². The van der Waals surface area contributed by atoms with Gasteiger partial charge in [0.2, 0.25) is 11.8 Å². The number of aryl methyl sites for hydroxylation is 1. The van der Waals surface area contributed by atoms with Crippen molar-refractivity contribution in [2.24, 2.45) is 0 Å². The molecule has 1 N–H and O–H groups in total. The van der Waals surface area contributed by atoms with Crippen LogP contribution < -0.4 is 5.32 Å². The van der Waals surface area contributed by atoms with Crippen LogP contribution in [0, 0.1) is 6.92 Å². The molecule has 5 nitrogen and oxygen atoms in total. The highest BCUT2D eigenvalue weighted by Crippen LogP contribution is 2.20. The number of benzene rings is 1. The number of hydrogen-bond acceptors (Lipinski definition) is 4. The molecule has 1 aromatic rings. The summed E-state index contributed by atoms with van der Waals surface area (Å²) >= 11 is 1.73. The lowest BCUT2D eigenvalue weighted by molar-refractivity contribution is -0.133. The van der Waals surface area contributed by atoms with Gasteiger partial charge < -0.3 is 10.2 Å². The monoisotopic (exact) mass is 375 g/mol. The van der Waals surface area contributed by atoms with Gasteiger partial charge in [0.15, 0.2) is 0 Å². The molecule has 1 heterocycles. The Kier molecular flexibility index (Phi) is 6.59. The zero-order chi connectivity index (χ0) is 18.5. The van der Waals surface area contributed by atoms with Crippen molar-refractivity contribution in [3.8, 4) is 0 Å². The van der Waals surface area contributed by atoms with E-state index in [1.165, 1.54) is 10.5 Å². The third kappa shape index (κ3) is 5.48. The van der Waals surface area contributed by atoms with E-state index in [-0.39, 0.29) is 17.9 Å². The van der Waals surface area contributed by atoms with E-state index >= 15 is 0 Å². The van der Waals surface area contributed by atoms with Gasteiger partial charge in [-0.1, -0.05) is 17.7 Å². The van der Waals surface area contributed by atoms with Gasteiger partial charge in [0.25, 0.3) is 0 Å². The van der Waals surface area contributed by atoms with Crippen molar-refractivity contribution < 1.29 is 9.59 Å². The second-order valence-electron chi connectivity index (χ2n) is 7.29. The van der Waals surface area contributed by atoms with Gasteiger partial charge in [0.1, 0.15) is 0 Å². The minimum Gasteiger partial charge on any atom is -0.352 e. The number of nitrogens with one attached hydrogen (secondary N) is 1. The number of amides is 2. The molecule has 1 aliphatic heterocycles. The van der Waals surface area contributed by atoms with E-state index in [0.717, 1.165) is 44.8 Å². The molecule has 0 spiro atoms. The standard InChI is InChI=1S/C20H29N3O2S/c1-15-3-7-18(8-4-15)26-14-9-19(24)23-12-10-22(11-13-23)16(2)20(25)21-17-5-6-17/h3-4,7-8,16-17H,5-6,9-14H2,1-2H3,(H,21,25). The second-order valence-corrected chi connectivity index (χ2v) is 8.46. The Bertz CT molecular complexity index is 622. The zero-order valence-corrected chi connectivity index (χ0v) is 16.6. The van der Waals surface area contributed by atoms with Crippen LogP contribution in [0.4, 0.5) is 0 Å². The summed E-state index contributed by atoms with van der Waals surface area (Å²) in [5, 5.41) is 3.07. The van der Waals surface area contributed by atoms with Crippen molar-refractivity contribution in [1.82, 2.24) is 15.1 Å². The van der Waals surface area contributed by atoms with Gasteiger partial charge in [-0.15, -0.1) is 11.8 Å². The SMILES string of the molecule is Cc1ccc(SCCC(=O)N2CCN(C(C)C(=O)NC3CC3)CC2)cc1. The molecule has 142 valence electrons. The molecule has 0 radical (unpaired) electrons. The van der Waals surface area contributed by atoms with Gasteiger partial charge in [-0.3, -0.25) is 14.5 Å². The van der Waals surface area contributed by atoms with Crippen molar-refractivity contribution in [2.75, 3.05) is 31.9 Å². The fourth-order valence-corrected chi connectivity index (χ4v) is 3.96. The summed E-state index contributed by atoms with van der Waals surface area (Å²) in [5.74, 6) is 1.16. The van der Waals surface area contributed by atoms with Crippen LogP contribution in [0.3, 0.4) is 0 Å². The smallest absolute Gasteiger partial charge is 0.237 e. The van der Waals surface area contributed by atoms with E-state index in [0.29, 0.717) is 12.5 Å². The number of hydrogen-bond donors (Lipinski definition) is 1. The molecule has 2 fully saturated rings. The van der Waals surface area contributed by atoms with Crippen LogP contribution in [0.1, 0.15) is 31.7 Å². The van der Waals surface area contributed by atoms with Crippen molar-refractivity contribution in [3.05, 3.63) is 29.8 Å². The Labute approximate surface area is 160 Å². The molecule has 1 unspecified atom stereocenters. The van der Waals surface area contributed by atoms with E-state index in [1.807, 2.05) is 11.8 Å². The number of carbonyl (C=O) groups excluding carboxylic acids is 2. The predicted octanol–water partition coefficient (Wildman–Crippen LogP) is 2.29. The maximum Gasteiger partial charge on any atom is 0.237 e. The summed E-state index contributed by atoms with van der Waals surface area (Å²) in [6.45, 7) is 7.03. The molecule has 26 heavy (non-hydrogen) atoms. The highest BCUT2D eigenvalue weighted by molar-refractivity contribution is 7.99. The maximum atomic E-state index is 12.4. The van der Waals surface area contributed by atoms with Gasteiger partial charge in [0, 0.05) is 49.3 Å². The number of carbonyl (C=O) groups is 2. The molecule has 2 amide bonds. The van der Waals surface area contributed by atoms with Crippen LogP contribution in [0.5, 0.6) is 0 Å². The molecule has 2 aliphatic rings. The molecule has 1 atom stereocenters. The first-order chi connectivity index (χ1) is 12.5. The van der Waals surface area contributed by atoms with Crippen molar-refractivity contribution in [2.45, 2.75) is 50.1 Å². The Morgan fingerprint density at radius 1 is 1.15 bits per heavy atom. The lowest BCUT2D eigenvalue weighted by Crippen LogP contribution is -2.55. The molecule has 0 bridgehead atoms. The molecule has 3 rings (SSSR count). The summed E-state index contributed by atoms with van der Waals surface area (Å²) < 4.78 is 0. The van der Waals surface area contributed by atoms with Crippen LogP contribution >= 0.6 is 11.8 Å². The first-order valence-electron chi connectivity index (χ1n) is 9.54. The zero-order valence-electron chi connectivity index (χ0n) is 15.7. The number of thioether (sulfide) groups is 1. The Hall–Kier alpha value is -1.53. The average molecular weight is 376 g/mol. The quantitative estimate of drug-likeness (QED) is 0.743. The van der Waals surface area contributed by atoms with Gasteiger partial charge in [-0.2, -0.15) is 0 Å². The highest BCUT2D eigenvalue weighted by atomic mass is 32.2. The molecule has 6 heteroatoms. The molecule has 0 aromatic heterocycles. The van der Waals surface area contributed by atoms with Gasteiger partial charge in [0.05, 0.1) is 6.04 Å². The minimum atomic E-state index is -0.107. The largest absolute Gasteiger partial charge is 0.352 e. The summed E-state index contributed by atoms with van der Waals surface area (Å²) in [6.07, 6.45) is 2.79. The predicted molar refractivity (Wildman–Crippen MR) is 105 cm³/mol. The summed E-state index contributed by atoms with van der Waals surface area (Å²) in [4.78, 5) is 29.9. The van der Waals surface area contributed by atoms with E-state index < -0.39 is 0 Å². The summed E-state index contributed by atoms with van der Waals surface area (Å²) in [7, 11) is 0. The molecular weight excluding hydrogens is 346 g/mol. The van der Waals surface area contributed by atoms with Crippen molar-refractivity contribution in [1.29, 1.82) is 0 Å². The fraction of sp³-hybridized carbons (Fsp3) is 0.600. The van der Waals surface area contributed by atoms with E-state index in [1.54, 1.807) is 11.8 Å². The van der Waals surface area contributed by atoms with Crippen LogP contribution in [0.15, 0.2) is 29.2 Å². The fourth-order valence-electron chi connectivity index (χ4n) is 3.12. The van der Waals surface area contributed by atoms with Crippen molar-refractivity contribution in [3.63, 3.8) is 0 Å².